The molecule has 138 valence electrons. The quantitative estimate of drug-likeness (QED) is 0.697. The highest BCUT2D eigenvalue weighted by atomic mass is 16.5. The number of carbonyl (C=O) groups is 1. The number of hydrogen-bond donors (Lipinski definition) is 1. The van der Waals surface area contributed by atoms with Crippen molar-refractivity contribution in [2.45, 2.75) is 19.4 Å². The van der Waals surface area contributed by atoms with E-state index in [2.05, 4.69) is 4.98 Å². The minimum Gasteiger partial charge on any atom is -0.489 e. The van der Waals surface area contributed by atoms with E-state index in [0.29, 0.717) is 25.3 Å². The number of aromatic carboxylic acids is 1. The van der Waals surface area contributed by atoms with E-state index in [1.54, 1.807) is 0 Å². The third-order valence-electron chi connectivity index (χ3n) is 4.32. The van der Waals surface area contributed by atoms with E-state index in [0.717, 1.165) is 23.1 Å². The van der Waals surface area contributed by atoms with Crippen LogP contribution >= 0.6 is 0 Å². The third-order valence-corrected chi connectivity index (χ3v) is 4.32. The number of hydrogen-bond acceptors (Lipinski definition) is 4. The Bertz CT molecular complexity index is 997. The molecular formula is C21H20N2O4. The van der Waals surface area contributed by atoms with Gasteiger partial charge in [-0.3, -0.25) is 9.36 Å². The summed E-state index contributed by atoms with van der Waals surface area (Å²) in [4.78, 5) is 27.3. The van der Waals surface area contributed by atoms with Gasteiger partial charge < -0.3 is 9.84 Å². The molecule has 3 aromatic rings. The topological polar surface area (TPSA) is 81.4 Å². The fraction of sp³-hybridized carbons (Fsp3) is 0.190. The summed E-state index contributed by atoms with van der Waals surface area (Å²) in [6.07, 6.45) is 2.24. The molecule has 6 heteroatoms. The normalized spacial score (nSPS) is 10.6. The maximum absolute atomic E-state index is 12.1. The Morgan fingerprint density at radius 2 is 1.78 bits per heavy atom. The van der Waals surface area contributed by atoms with Gasteiger partial charge in [0, 0.05) is 19.7 Å². The number of aryl methyl sites for hydroxylation is 2. The number of para-hydroxylation sites is 1. The smallest absolute Gasteiger partial charge is 0.342 e. The zero-order chi connectivity index (χ0) is 19.2. The van der Waals surface area contributed by atoms with Gasteiger partial charge in [-0.2, -0.15) is 0 Å². The van der Waals surface area contributed by atoms with Crippen LogP contribution in [-0.4, -0.2) is 20.6 Å². The summed E-state index contributed by atoms with van der Waals surface area (Å²) in [5.74, 6) is 0.0469. The van der Waals surface area contributed by atoms with Gasteiger partial charge >= 0.3 is 5.97 Å². The van der Waals surface area contributed by atoms with E-state index in [1.165, 1.54) is 11.6 Å². The average Bonchev–Trinajstić information content (AvgIpc) is 2.68. The lowest BCUT2D eigenvalue weighted by molar-refractivity contribution is 0.0693. The fourth-order valence-corrected chi connectivity index (χ4v) is 2.79. The lowest BCUT2D eigenvalue weighted by Crippen LogP contribution is -2.28. The standard InChI is InChI=1S/C21H20N2O4/c1-23-19(22-13-17(20(23)24)21(25)26)12-11-16-9-5-6-10-18(16)27-14-15-7-3-2-4-8-15/h2-10,13H,11-12,14H2,1H3,(H,25,26). The van der Waals surface area contributed by atoms with Gasteiger partial charge in [0.1, 0.15) is 23.7 Å². The second-order valence-corrected chi connectivity index (χ2v) is 6.14. The van der Waals surface area contributed by atoms with E-state index in [4.69, 9.17) is 9.84 Å². The van der Waals surface area contributed by atoms with Crippen molar-refractivity contribution in [2.24, 2.45) is 7.05 Å². The molecule has 6 nitrogen and oxygen atoms in total. The second kappa shape index (κ2) is 8.31. The predicted octanol–water partition coefficient (Wildman–Crippen LogP) is 2.84. The minimum absolute atomic E-state index is 0.326. The van der Waals surface area contributed by atoms with Crippen LogP contribution in [0, 0.1) is 0 Å². The van der Waals surface area contributed by atoms with Crippen LogP contribution in [0.5, 0.6) is 5.75 Å². The maximum Gasteiger partial charge on any atom is 0.342 e. The number of ether oxygens (including phenoxy) is 1. The van der Waals surface area contributed by atoms with Crippen LogP contribution in [0.2, 0.25) is 0 Å². The number of rotatable bonds is 7. The second-order valence-electron chi connectivity index (χ2n) is 6.14. The zero-order valence-corrected chi connectivity index (χ0v) is 15.0. The summed E-state index contributed by atoms with van der Waals surface area (Å²) in [5.41, 5.74) is 1.21. The Morgan fingerprint density at radius 1 is 1.07 bits per heavy atom. The fourth-order valence-electron chi connectivity index (χ4n) is 2.79. The molecule has 27 heavy (non-hydrogen) atoms. The molecule has 2 aromatic carbocycles. The first-order chi connectivity index (χ1) is 13.1. The van der Waals surface area contributed by atoms with Crippen molar-refractivity contribution in [3.63, 3.8) is 0 Å². The van der Waals surface area contributed by atoms with E-state index in [-0.39, 0.29) is 5.56 Å². The van der Waals surface area contributed by atoms with E-state index in [9.17, 15) is 9.59 Å². The first-order valence-electron chi connectivity index (χ1n) is 8.59. The van der Waals surface area contributed by atoms with Gasteiger partial charge in [-0.1, -0.05) is 48.5 Å². The number of carboxylic acid groups (broad SMARTS) is 1. The molecule has 3 rings (SSSR count). The highest BCUT2D eigenvalue weighted by molar-refractivity contribution is 5.86. The Morgan fingerprint density at radius 3 is 2.52 bits per heavy atom. The lowest BCUT2D eigenvalue weighted by Gasteiger charge is -2.12. The largest absolute Gasteiger partial charge is 0.489 e. The molecule has 0 amide bonds. The third kappa shape index (κ3) is 4.41. The molecule has 0 atom stereocenters. The summed E-state index contributed by atoms with van der Waals surface area (Å²) in [7, 11) is 1.54. The Kier molecular flexibility index (Phi) is 5.66. The van der Waals surface area contributed by atoms with Crippen molar-refractivity contribution in [1.82, 2.24) is 9.55 Å². The first kappa shape index (κ1) is 18.4. The molecule has 1 aromatic heterocycles. The molecule has 0 fully saturated rings. The Labute approximate surface area is 156 Å². The molecule has 1 N–H and O–H groups in total. The van der Waals surface area contributed by atoms with Crippen LogP contribution < -0.4 is 10.3 Å². The molecule has 0 bridgehead atoms. The van der Waals surface area contributed by atoms with Crippen molar-refractivity contribution in [3.05, 3.63) is 93.7 Å². The van der Waals surface area contributed by atoms with Crippen LogP contribution in [0.3, 0.4) is 0 Å². The van der Waals surface area contributed by atoms with Crippen LogP contribution in [0.25, 0.3) is 0 Å². The summed E-state index contributed by atoms with van der Waals surface area (Å²) >= 11 is 0. The molecule has 0 aliphatic rings. The highest BCUT2D eigenvalue weighted by Gasteiger charge is 2.13. The molecule has 0 aliphatic carbocycles. The van der Waals surface area contributed by atoms with Crippen LogP contribution in [-0.2, 0) is 26.5 Å². The summed E-state index contributed by atoms with van der Waals surface area (Å²) in [6.45, 7) is 0.474. The zero-order valence-electron chi connectivity index (χ0n) is 15.0. The molecule has 0 saturated carbocycles. The first-order valence-corrected chi connectivity index (χ1v) is 8.59. The van der Waals surface area contributed by atoms with Crippen molar-refractivity contribution >= 4 is 5.97 Å². The van der Waals surface area contributed by atoms with Crippen molar-refractivity contribution in [3.8, 4) is 5.75 Å². The van der Waals surface area contributed by atoms with Gasteiger partial charge in [0.2, 0.25) is 0 Å². The van der Waals surface area contributed by atoms with Crippen molar-refractivity contribution in [2.75, 3.05) is 0 Å². The Balaban J connectivity index is 1.73. The highest BCUT2D eigenvalue weighted by Crippen LogP contribution is 2.21. The van der Waals surface area contributed by atoms with Crippen molar-refractivity contribution in [1.29, 1.82) is 0 Å². The van der Waals surface area contributed by atoms with E-state index >= 15 is 0 Å². The number of benzene rings is 2. The van der Waals surface area contributed by atoms with E-state index < -0.39 is 11.5 Å². The van der Waals surface area contributed by atoms with Crippen LogP contribution in [0.15, 0.2) is 65.6 Å². The summed E-state index contributed by atoms with van der Waals surface area (Å²) in [6, 6.07) is 17.7. The predicted molar refractivity (Wildman–Crippen MR) is 101 cm³/mol. The van der Waals surface area contributed by atoms with Gasteiger partial charge in [0.15, 0.2) is 0 Å². The molecule has 0 spiro atoms. The summed E-state index contributed by atoms with van der Waals surface area (Å²) < 4.78 is 7.24. The molecule has 1 heterocycles. The molecule has 0 saturated heterocycles. The number of aromatic nitrogens is 2. The van der Waals surface area contributed by atoms with Crippen LogP contribution in [0.4, 0.5) is 0 Å². The summed E-state index contributed by atoms with van der Waals surface area (Å²) in [5, 5.41) is 9.01. The minimum atomic E-state index is -1.27. The monoisotopic (exact) mass is 364 g/mol. The average molecular weight is 364 g/mol. The molecule has 0 unspecified atom stereocenters. The maximum atomic E-state index is 12.1. The Hall–Kier alpha value is -3.41. The van der Waals surface area contributed by atoms with Gasteiger partial charge in [-0.15, -0.1) is 0 Å². The molecule has 0 aliphatic heterocycles. The number of nitrogens with zero attached hydrogens (tertiary/aromatic N) is 2. The van der Waals surface area contributed by atoms with Crippen LogP contribution in [0.1, 0.15) is 27.3 Å². The van der Waals surface area contributed by atoms with Gasteiger partial charge in [-0.25, -0.2) is 9.78 Å². The lowest BCUT2D eigenvalue weighted by atomic mass is 10.1. The molecular weight excluding hydrogens is 344 g/mol. The van der Waals surface area contributed by atoms with Gasteiger partial charge in [0.05, 0.1) is 0 Å². The van der Waals surface area contributed by atoms with Gasteiger partial charge in [0.25, 0.3) is 5.56 Å². The van der Waals surface area contributed by atoms with Crippen molar-refractivity contribution < 1.29 is 14.6 Å². The number of carboxylic acids is 1. The van der Waals surface area contributed by atoms with Gasteiger partial charge in [-0.05, 0) is 23.6 Å². The molecule has 0 radical (unpaired) electrons. The SMILES string of the molecule is Cn1c(CCc2ccccc2OCc2ccccc2)ncc(C(=O)O)c1=O. The van der Waals surface area contributed by atoms with E-state index in [1.807, 2.05) is 54.6 Å².